The van der Waals surface area contributed by atoms with E-state index >= 15 is 0 Å². The molecule has 0 saturated carbocycles. The van der Waals surface area contributed by atoms with Crippen LogP contribution in [0.3, 0.4) is 0 Å². The SMILES string of the molecule is CCC(Nc1cc(C)nc(Oc2c(C)cc(Cl)cc2C)c1O)C(O[SiH](C)C)C(C)(C)C. The molecule has 0 radical (unpaired) electrons. The Morgan fingerprint density at radius 3 is 2.19 bits per heavy atom. The molecule has 2 aromatic rings. The van der Waals surface area contributed by atoms with Crippen molar-refractivity contribution in [2.45, 2.75) is 80.1 Å². The number of aromatic hydroxyl groups is 1. The summed E-state index contributed by atoms with van der Waals surface area (Å²) in [6.45, 7) is 18.8. The smallest absolute Gasteiger partial charge is 0.264 e. The van der Waals surface area contributed by atoms with E-state index in [1.54, 1.807) is 0 Å². The van der Waals surface area contributed by atoms with Gasteiger partial charge in [0.25, 0.3) is 5.88 Å². The predicted molar refractivity (Wildman–Crippen MR) is 133 cm³/mol. The lowest BCUT2D eigenvalue weighted by molar-refractivity contribution is 0.0675. The average Bonchev–Trinajstić information content (AvgIpc) is 2.63. The van der Waals surface area contributed by atoms with Crippen LogP contribution in [0, 0.1) is 26.2 Å². The first-order valence-electron chi connectivity index (χ1n) is 10.9. The van der Waals surface area contributed by atoms with Crippen LogP contribution < -0.4 is 10.1 Å². The summed E-state index contributed by atoms with van der Waals surface area (Å²) < 4.78 is 12.5. The van der Waals surface area contributed by atoms with Gasteiger partial charge in [0, 0.05) is 10.7 Å². The molecule has 2 unspecified atom stereocenters. The van der Waals surface area contributed by atoms with Crippen LogP contribution in [0.1, 0.15) is 50.9 Å². The molecule has 172 valence electrons. The van der Waals surface area contributed by atoms with Crippen molar-refractivity contribution in [1.82, 2.24) is 4.98 Å². The summed E-state index contributed by atoms with van der Waals surface area (Å²) in [4.78, 5) is 4.44. The Labute approximate surface area is 193 Å². The number of hydrogen-bond acceptors (Lipinski definition) is 5. The van der Waals surface area contributed by atoms with E-state index in [4.69, 9.17) is 20.8 Å². The van der Waals surface area contributed by atoms with E-state index in [-0.39, 0.29) is 29.2 Å². The van der Waals surface area contributed by atoms with Crippen molar-refractivity contribution in [3.05, 3.63) is 40.0 Å². The van der Waals surface area contributed by atoms with Crippen LogP contribution in [0.2, 0.25) is 18.1 Å². The Morgan fingerprint density at radius 2 is 1.71 bits per heavy atom. The maximum absolute atomic E-state index is 11.0. The molecular formula is C24H37ClN2O3Si. The van der Waals surface area contributed by atoms with Gasteiger partial charge in [-0.05, 0) is 75.0 Å². The monoisotopic (exact) mass is 464 g/mol. The summed E-state index contributed by atoms with van der Waals surface area (Å²) in [6.07, 6.45) is 0.872. The number of aryl methyl sites for hydroxylation is 3. The first-order chi connectivity index (χ1) is 14.3. The number of halogens is 1. The summed E-state index contributed by atoms with van der Waals surface area (Å²) in [5, 5.41) is 15.2. The second kappa shape index (κ2) is 10.2. The molecule has 1 heterocycles. The molecular weight excluding hydrogens is 428 g/mol. The van der Waals surface area contributed by atoms with E-state index < -0.39 is 9.04 Å². The van der Waals surface area contributed by atoms with Gasteiger partial charge >= 0.3 is 0 Å². The highest BCUT2D eigenvalue weighted by molar-refractivity contribution is 6.48. The molecule has 2 rings (SSSR count). The first-order valence-corrected chi connectivity index (χ1v) is 14.1. The molecule has 0 fully saturated rings. The molecule has 1 aromatic heterocycles. The van der Waals surface area contributed by atoms with Crippen molar-refractivity contribution in [2.24, 2.45) is 5.41 Å². The largest absolute Gasteiger partial charge is 0.502 e. The topological polar surface area (TPSA) is 63.6 Å². The van der Waals surface area contributed by atoms with E-state index in [0.29, 0.717) is 16.5 Å². The van der Waals surface area contributed by atoms with Crippen molar-refractivity contribution < 1.29 is 14.3 Å². The van der Waals surface area contributed by atoms with Crippen molar-refractivity contribution in [3.8, 4) is 17.4 Å². The molecule has 0 saturated heterocycles. The van der Waals surface area contributed by atoms with Crippen LogP contribution in [0.15, 0.2) is 18.2 Å². The minimum Gasteiger partial charge on any atom is -0.502 e. The number of nitrogens with one attached hydrogen (secondary N) is 1. The molecule has 0 aliphatic carbocycles. The Hall–Kier alpha value is -1.76. The number of anilines is 1. The lowest BCUT2D eigenvalue weighted by Gasteiger charge is -2.39. The number of pyridine rings is 1. The fraction of sp³-hybridized carbons (Fsp3) is 0.542. The standard InChI is InChI=1S/C24H37ClN2O3Si/c1-10-18(22(24(5,6)7)30-31(8)9)27-19-13-16(4)26-23(20(19)28)29-21-14(2)11-17(25)12-15(21)3/h11-13,18,22,28,31H,10H2,1-9H3,(H,26,27). The van der Waals surface area contributed by atoms with Crippen LogP contribution >= 0.6 is 11.6 Å². The molecule has 31 heavy (non-hydrogen) atoms. The zero-order valence-electron chi connectivity index (χ0n) is 20.3. The number of ether oxygens (including phenoxy) is 1. The van der Waals surface area contributed by atoms with Crippen LogP contribution in [0.25, 0.3) is 0 Å². The number of aromatic nitrogens is 1. The molecule has 2 N–H and O–H groups in total. The highest BCUT2D eigenvalue weighted by Gasteiger charge is 2.33. The predicted octanol–water partition coefficient (Wildman–Crippen LogP) is 6.76. The van der Waals surface area contributed by atoms with Gasteiger partial charge < -0.3 is 19.6 Å². The van der Waals surface area contributed by atoms with Gasteiger partial charge in [0.2, 0.25) is 5.75 Å². The number of benzene rings is 1. The quantitative estimate of drug-likeness (QED) is 0.422. The van der Waals surface area contributed by atoms with Crippen molar-refractivity contribution in [2.75, 3.05) is 5.32 Å². The summed E-state index contributed by atoms with van der Waals surface area (Å²) in [6, 6.07) is 5.56. The molecule has 1 aromatic carbocycles. The zero-order chi connectivity index (χ0) is 23.5. The second-order valence-corrected chi connectivity index (χ2v) is 12.4. The minimum atomic E-state index is -1.25. The van der Waals surface area contributed by atoms with Crippen molar-refractivity contribution in [3.63, 3.8) is 0 Å². The molecule has 2 atom stereocenters. The highest BCUT2D eigenvalue weighted by atomic mass is 35.5. The minimum absolute atomic E-state index is 0.00717. The Bertz CT molecular complexity index is 889. The Kier molecular flexibility index (Phi) is 8.42. The maximum atomic E-state index is 11.0. The summed E-state index contributed by atoms with van der Waals surface area (Å²) >= 11 is 6.14. The van der Waals surface area contributed by atoms with Crippen LogP contribution in [0.5, 0.6) is 17.4 Å². The first kappa shape index (κ1) is 25.5. The number of nitrogens with zero attached hydrogens (tertiary/aromatic N) is 1. The van der Waals surface area contributed by atoms with Gasteiger partial charge in [-0.1, -0.05) is 39.3 Å². The average molecular weight is 465 g/mol. The van der Waals surface area contributed by atoms with Gasteiger partial charge in [0.15, 0.2) is 9.04 Å². The number of hydrogen-bond donors (Lipinski definition) is 2. The normalized spacial score (nSPS) is 13.9. The fourth-order valence-electron chi connectivity index (χ4n) is 3.76. The van der Waals surface area contributed by atoms with Crippen LogP contribution in [0.4, 0.5) is 5.69 Å². The molecule has 0 aliphatic rings. The molecule has 5 nitrogen and oxygen atoms in total. The van der Waals surface area contributed by atoms with E-state index in [1.165, 1.54) is 0 Å². The third kappa shape index (κ3) is 6.61. The Balaban J connectivity index is 2.41. The van der Waals surface area contributed by atoms with Crippen molar-refractivity contribution in [1.29, 1.82) is 0 Å². The Morgan fingerprint density at radius 1 is 1.13 bits per heavy atom. The number of rotatable bonds is 8. The van der Waals surface area contributed by atoms with Gasteiger partial charge in [-0.3, -0.25) is 0 Å². The molecule has 0 spiro atoms. The molecule has 0 bridgehead atoms. The fourth-order valence-corrected chi connectivity index (χ4v) is 5.27. The molecule has 0 amide bonds. The zero-order valence-corrected chi connectivity index (χ0v) is 22.2. The van der Waals surface area contributed by atoms with Gasteiger partial charge in [0.05, 0.1) is 17.8 Å². The molecule has 0 aliphatic heterocycles. The van der Waals surface area contributed by atoms with Gasteiger partial charge in [-0.25, -0.2) is 4.98 Å². The maximum Gasteiger partial charge on any atom is 0.264 e. The summed E-state index contributed by atoms with van der Waals surface area (Å²) in [5.41, 5.74) is 3.08. The van der Waals surface area contributed by atoms with E-state index in [1.807, 2.05) is 39.0 Å². The lowest BCUT2D eigenvalue weighted by atomic mass is 9.83. The second-order valence-electron chi connectivity index (χ2n) is 9.57. The van der Waals surface area contributed by atoms with Crippen LogP contribution in [-0.2, 0) is 4.43 Å². The third-order valence-electron chi connectivity index (χ3n) is 5.13. The van der Waals surface area contributed by atoms with Crippen LogP contribution in [-0.4, -0.2) is 31.3 Å². The highest BCUT2D eigenvalue weighted by Crippen LogP contribution is 2.40. The van der Waals surface area contributed by atoms with Gasteiger partial charge in [0.1, 0.15) is 5.75 Å². The summed E-state index contributed by atoms with van der Waals surface area (Å²) in [5.74, 6) is 0.821. The van der Waals surface area contributed by atoms with E-state index in [2.05, 4.69) is 51.1 Å². The van der Waals surface area contributed by atoms with Gasteiger partial charge in [-0.15, -0.1) is 0 Å². The van der Waals surface area contributed by atoms with E-state index in [9.17, 15) is 5.11 Å². The lowest BCUT2D eigenvalue weighted by Crippen LogP contribution is -2.46. The van der Waals surface area contributed by atoms with Crippen molar-refractivity contribution >= 4 is 26.3 Å². The summed E-state index contributed by atoms with van der Waals surface area (Å²) in [7, 11) is -1.25. The van der Waals surface area contributed by atoms with E-state index in [0.717, 1.165) is 23.2 Å². The molecule has 7 heteroatoms. The third-order valence-corrected chi connectivity index (χ3v) is 6.19. The van der Waals surface area contributed by atoms with Gasteiger partial charge in [-0.2, -0.15) is 0 Å².